The highest BCUT2D eigenvalue weighted by Gasteiger charge is 2.39. The second kappa shape index (κ2) is 7.77. The molecule has 30 heavy (non-hydrogen) atoms. The first kappa shape index (κ1) is 20.4. The summed E-state index contributed by atoms with van der Waals surface area (Å²) in [5, 5.41) is 0.0624. The van der Waals surface area contributed by atoms with Gasteiger partial charge in [-0.2, -0.15) is 4.31 Å². The van der Waals surface area contributed by atoms with E-state index in [2.05, 4.69) is 4.98 Å². The van der Waals surface area contributed by atoms with Crippen LogP contribution in [0.3, 0.4) is 0 Å². The minimum absolute atomic E-state index is 0.0624. The lowest BCUT2D eigenvalue weighted by molar-refractivity contribution is 0.331. The van der Waals surface area contributed by atoms with Gasteiger partial charge in [0, 0.05) is 19.8 Å². The van der Waals surface area contributed by atoms with Crippen molar-refractivity contribution in [1.29, 1.82) is 0 Å². The Balaban J connectivity index is 1.90. The number of ether oxygens (including phenoxy) is 2. The molecule has 0 radical (unpaired) electrons. The lowest BCUT2D eigenvalue weighted by atomic mass is 9.89. The van der Waals surface area contributed by atoms with Crippen LogP contribution < -0.4 is 9.47 Å². The van der Waals surface area contributed by atoms with Gasteiger partial charge in [0.15, 0.2) is 16.5 Å². The summed E-state index contributed by atoms with van der Waals surface area (Å²) in [5.41, 5.74) is 2.83. The smallest absolute Gasteiger partial charge is 0.262 e. The summed E-state index contributed by atoms with van der Waals surface area (Å²) >= 11 is 0. The number of fused-ring (bicyclic) bond motifs is 1. The topological polar surface area (TPSA) is 73.7 Å². The first-order valence-corrected chi connectivity index (χ1v) is 11.1. The van der Waals surface area contributed by atoms with E-state index in [-0.39, 0.29) is 5.03 Å². The standard InChI is InChI=1S/C22H25N3O4S/c1-15-23-21(14-24(15)2)30(26,27)25-11-10-17-12-19(28-3)20(29-4)13-18(17)22(25)16-8-6-5-7-9-16/h5-9,12-14,22H,10-11H2,1-4H3. The molecule has 0 amide bonds. The van der Waals surface area contributed by atoms with Gasteiger partial charge in [-0.05, 0) is 42.2 Å². The van der Waals surface area contributed by atoms with Crippen LogP contribution in [0.5, 0.6) is 11.5 Å². The third kappa shape index (κ3) is 3.36. The summed E-state index contributed by atoms with van der Waals surface area (Å²) in [6, 6.07) is 13.0. The average Bonchev–Trinajstić information content (AvgIpc) is 3.11. The minimum Gasteiger partial charge on any atom is -0.493 e. The molecule has 8 heteroatoms. The molecule has 0 saturated heterocycles. The van der Waals surface area contributed by atoms with Crippen LogP contribution in [-0.4, -0.2) is 43.0 Å². The molecule has 0 saturated carbocycles. The molecule has 158 valence electrons. The summed E-state index contributed by atoms with van der Waals surface area (Å²) in [4.78, 5) is 4.29. The van der Waals surface area contributed by atoms with E-state index in [4.69, 9.17) is 9.47 Å². The van der Waals surface area contributed by atoms with Crippen LogP contribution in [0.4, 0.5) is 0 Å². The Kier molecular flexibility index (Phi) is 5.29. The van der Waals surface area contributed by atoms with Gasteiger partial charge < -0.3 is 14.0 Å². The van der Waals surface area contributed by atoms with Crippen molar-refractivity contribution >= 4 is 10.0 Å². The lowest BCUT2D eigenvalue weighted by Crippen LogP contribution is -2.40. The summed E-state index contributed by atoms with van der Waals surface area (Å²) in [6.45, 7) is 2.14. The van der Waals surface area contributed by atoms with Crippen molar-refractivity contribution < 1.29 is 17.9 Å². The Morgan fingerprint density at radius 1 is 1.07 bits per heavy atom. The number of benzene rings is 2. The van der Waals surface area contributed by atoms with E-state index in [0.717, 1.165) is 16.7 Å². The third-order valence-electron chi connectivity index (χ3n) is 5.60. The maximum atomic E-state index is 13.6. The monoisotopic (exact) mass is 427 g/mol. The van der Waals surface area contributed by atoms with E-state index < -0.39 is 16.1 Å². The van der Waals surface area contributed by atoms with E-state index >= 15 is 0 Å². The normalized spacial score (nSPS) is 16.9. The summed E-state index contributed by atoms with van der Waals surface area (Å²) in [6.07, 6.45) is 2.14. The van der Waals surface area contributed by atoms with Crippen molar-refractivity contribution in [3.63, 3.8) is 0 Å². The Morgan fingerprint density at radius 3 is 2.33 bits per heavy atom. The van der Waals surface area contributed by atoms with Crippen LogP contribution in [0.2, 0.25) is 0 Å². The van der Waals surface area contributed by atoms with E-state index in [1.807, 2.05) is 42.5 Å². The summed E-state index contributed by atoms with van der Waals surface area (Å²) in [7, 11) is 1.16. The number of rotatable bonds is 5. The van der Waals surface area contributed by atoms with Crippen LogP contribution in [0.15, 0.2) is 53.7 Å². The first-order valence-electron chi connectivity index (χ1n) is 9.68. The highest BCUT2D eigenvalue weighted by molar-refractivity contribution is 7.89. The van der Waals surface area contributed by atoms with Crippen molar-refractivity contribution in [1.82, 2.24) is 13.9 Å². The molecule has 2 aromatic carbocycles. The second-order valence-electron chi connectivity index (χ2n) is 7.32. The molecule has 1 unspecified atom stereocenters. The van der Waals surface area contributed by atoms with Crippen molar-refractivity contribution in [3.05, 3.63) is 71.2 Å². The van der Waals surface area contributed by atoms with Crippen molar-refractivity contribution in [2.24, 2.45) is 7.05 Å². The molecule has 1 aliphatic heterocycles. The lowest BCUT2D eigenvalue weighted by Gasteiger charge is -2.36. The molecule has 0 spiro atoms. The molecule has 2 heterocycles. The number of hydrogen-bond acceptors (Lipinski definition) is 5. The van der Waals surface area contributed by atoms with Crippen molar-refractivity contribution in [2.75, 3.05) is 20.8 Å². The third-order valence-corrected chi connectivity index (χ3v) is 7.34. The van der Waals surface area contributed by atoms with Gasteiger partial charge in [0.2, 0.25) is 0 Å². The van der Waals surface area contributed by atoms with E-state index in [0.29, 0.717) is 30.3 Å². The molecule has 1 aliphatic rings. The fourth-order valence-electron chi connectivity index (χ4n) is 3.93. The van der Waals surface area contributed by atoms with Gasteiger partial charge in [-0.15, -0.1) is 0 Å². The fraction of sp³-hybridized carbons (Fsp3) is 0.318. The minimum atomic E-state index is -3.81. The first-order chi connectivity index (χ1) is 14.4. The fourth-order valence-corrected chi connectivity index (χ4v) is 5.56. The van der Waals surface area contributed by atoms with Gasteiger partial charge >= 0.3 is 0 Å². The molecular weight excluding hydrogens is 402 g/mol. The average molecular weight is 428 g/mol. The van der Waals surface area contributed by atoms with Crippen molar-refractivity contribution in [3.8, 4) is 11.5 Å². The molecule has 1 atom stereocenters. The Bertz CT molecular complexity index is 1150. The molecule has 0 bridgehead atoms. The van der Waals surface area contributed by atoms with Gasteiger partial charge in [0.25, 0.3) is 10.0 Å². The molecule has 0 N–H and O–H groups in total. The molecule has 7 nitrogen and oxygen atoms in total. The predicted molar refractivity (Wildman–Crippen MR) is 113 cm³/mol. The number of methoxy groups -OCH3 is 2. The van der Waals surface area contributed by atoms with Crippen LogP contribution in [-0.2, 0) is 23.5 Å². The summed E-state index contributed by atoms with van der Waals surface area (Å²) in [5.74, 6) is 1.86. The zero-order chi connectivity index (χ0) is 21.5. The van der Waals surface area contributed by atoms with Crippen LogP contribution >= 0.6 is 0 Å². The maximum absolute atomic E-state index is 13.6. The largest absolute Gasteiger partial charge is 0.493 e. The number of aromatic nitrogens is 2. The zero-order valence-corrected chi connectivity index (χ0v) is 18.3. The van der Waals surface area contributed by atoms with Crippen LogP contribution in [0.25, 0.3) is 0 Å². The zero-order valence-electron chi connectivity index (χ0n) is 17.5. The number of hydrogen-bond donors (Lipinski definition) is 0. The van der Waals surface area contributed by atoms with Gasteiger partial charge in [-0.3, -0.25) is 0 Å². The molecule has 3 aromatic rings. The number of sulfonamides is 1. The second-order valence-corrected chi connectivity index (χ2v) is 9.16. The van der Waals surface area contributed by atoms with E-state index in [9.17, 15) is 8.42 Å². The maximum Gasteiger partial charge on any atom is 0.262 e. The van der Waals surface area contributed by atoms with Crippen LogP contribution in [0, 0.1) is 6.92 Å². The Morgan fingerprint density at radius 2 is 1.73 bits per heavy atom. The molecule has 4 rings (SSSR count). The quantitative estimate of drug-likeness (QED) is 0.626. The SMILES string of the molecule is COc1cc2c(cc1OC)C(c1ccccc1)N(S(=O)(=O)c1cn(C)c(C)n1)CC2. The number of aryl methyl sites for hydroxylation is 2. The molecular formula is C22H25N3O4S. The van der Waals surface area contributed by atoms with Gasteiger partial charge in [-0.25, -0.2) is 13.4 Å². The highest BCUT2D eigenvalue weighted by atomic mass is 32.2. The van der Waals surface area contributed by atoms with Crippen LogP contribution in [0.1, 0.15) is 28.6 Å². The summed E-state index contributed by atoms with van der Waals surface area (Å²) < 4.78 is 41.5. The molecule has 0 aliphatic carbocycles. The van der Waals surface area contributed by atoms with Crippen molar-refractivity contribution in [2.45, 2.75) is 24.4 Å². The Hall–Kier alpha value is -2.84. The number of nitrogens with zero attached hydrogens (tertiary/aromatic N) is 3. The van der Waals surface area contributed by atoms with Gasteiger partial charge in [0.1, 0.15) is 5.82 Å². The van der Waals surface area contributed by atoms with Gasteiger partial charge in [0.05, 0.1) is 20.3 Å². The van der Waals surface area contributed by atoms with E-state index in [1.165, 1.54) is 0 Å². The highest BCUT2D eigenvalue weighted by Crippen LogP contribution is 2.42. The number of imidazole rings is 1. The van der Waals surface area contributed by atoms with E-state index in [1.54, 1.807) is 43.3 Å². The Labute approximate surface area is 176 Å². The predicted octanol–water partition coefficient (Wildman–Crippen LogP) is 3.08. The molecule has 0 fully saturated rings. The van der Waals surface area contributed by atoms with Gasteiger partial charge in [-0.1, -0.05) is 30.3 Å². The molecule has 1 aromatic heterocycles.